The molecule has 0 saturated carbocycles. The van der Waals surface area contributed by atoms with Crippen molar-refractivity contribution in [1.29, 1.82) is 0 Å². The predicted octanol–water partition coefficient (Wildman–Crippen LogP) is 1.98. The van der Waals surface area contributed by atoms with Crippen LogP contribution in [0.5, 0.6) is 0 Å². The van der Waals surface area contributed by atoms with E-state index in [-0.39, 0.29) is 18.1 Å². The Morgan fingerprint density at radius 1 is 1.35 bits per heavy atom. The lowest BCUT2D eigenvalue weighted by molar-refractivity contribution is -0.0444. The molecular formula is C16H25N2O6PS. The fourth-order valence-corrected chi connectivity index (χ4v) is 5.08. The summed E-state index contributed by atoms with van der Waals surface area (Å²) in [5.74, 6) is 1.70. The van der Waals surface area contributed by atoms with Crippen LogP contribution in [0.4, 0.5) is 0 Å². The zero-order valence-corrected chi connectivity index (χ0v) is 17.0. The molecule has 8 nitrogen and oxygen atoms in total. The highest BCUT2D eigenvalue weighted by Gasteiger charge is 2.42. The summed E-state index contributed by atoms with van der Waals surface area (Å²) >= 11 is 5.49. The van der Waals surface area contributed by atoms with Gasteiger partial charge in [0.2, 0.25) is 6.49 Å². The highest BCUT2D eigenvalue weighted by molar-refractivity contribution is 8.11. The summed E-state index contributed by atoms with van der Waals surface area (Å²) in [6, 6.07) is 1.27. The normalized spacial score (nSPS) is 26.6. The maximum Gasteiger partial charge on any atom is 0.330 e. The number of methoxy groups -OCH3 is 1. The Bertz CT molecular complexity index is 781. The second-order valence-corrected chi connectivity index (χ2v) is 9.21. The molecule has 0 amide bonds. The Morgan fingerprint density at radius 3 is 2.54 bits per heavy atom. The quantitative estimate of drug-likeness (QED) is 0.663. The fourth-order valence-electron chi connectivity index (χ4n) is 2.89. The Hall–Kier alpha value is -1.09. The lowest BCUT2D eigenvalue weighted by atomic mass is 10.0. The standard InChI is InChI=1S/C16H25N2O6PS/c1-5-22-25(26,23-6-2)10-8-12-11(3)14(21-4)15(24-12)18-9-7-13(19)17-16(18)20/h7-12,14-15H,5-6H2,1-4H3,(H,17,19,20)/b10-8+/t11?,12-,14+,15-/m1/s1. The summed E-state index contributed by atoms with van der Waals surface area (Å²) in [4.78, 5) is 25.6. The van der Waals surface area contributed by atoms with Gasteiger partial charge in [0.25, 0.3) is 5.56 Å². The van der Waals surface area contributed by atoms with Crippen molar-refractivity contribution in [2.75, 3.05) is 20.3 Å². The van der Waals surface area contributed by atoms with Crippen LogP contribution < -0.4 is 11.2 Å². The largest absolute Gasteiger partial charge is 0.376 e. The van der Waals surface area contributed by atoms with Gasteiger partial charge in [-0.3, -0.25) is 14.3 Å². The zero-order chi connectivity index (χ0) is 19.3. The van der Waals surface area contributed by atoms with Crippen LogP contribution in [-0.2, 0) is 30.3 Å². The minimum absolute atomic E-state index is 0.0493. The fraction of sp³-hybridized carbons (Fsp3) is 0.625. The summed E-state index contributed by atoms with van der Waals surface area (Å²) < 4.78 is 24.1. The molecule has 1 aromatic heterocycles. The van der Waals surface area contributed by atoms with Crippen LogP contribution in [0.2, 0.25) is 0 Å². The molecule has 1 aliphatic rings. The average Bonchev–Trinajstić information content (AvgIpc) is 2.89. The maximum absolute atomic E-state index is 12.1. The minimum atomic E-state index is -2.52. The molecule has 4 atom stereocenters. The van der Waals surface area contributed by atoms with E-state index >= 15 is 0 Å². The van der Waals surface area contributed by atoms with E-state index in [0.717, 1.165) is 0 Å². The van der Waals surface area contributed by atoms with Crippen LogP contribution in [0.15, 0.2) is 33.7 Å². The predicted molar refractivity (Wildman–Crippen MR) is 102 cm³/mol. The Balaban J connectivity index is 2.27. The van der Waals surface area contributed by atoms with E-state index in [1.807, 2.05) is 26.8 Å². The number of hydrogen-bond donors (Lipinski definition) is 1. The van der Waals surface area contributed by atoms with E-state index in [1.165, 1.54) is 16.8 Å². The van der Waals surface area contributed by atoms with Crippen LogP contribution in [0.1, 0.15) is 27.0 Å². The van der Waals surface area contributed by atoms with Crippen molar-refractivity contribution >= 4 is 18.3 Å². The molecule has 0 bridgehead atoms. The van der Waals surface area contributed by atoms with Gasteiger partial charge in [-0.15, -0.1) is 0 Å². The van der Waals surface area contributed by atoms with Crippen molar-refractivity contribution in [2.24, 2.45) is 5.92 Å². The summed E-state index contributed by atoms with van der Waals surface area (Å²) in [5, 5.41) is 0. The van der Waals surface area contributed by atoms with E-state index in [4.69, 9.17) is 30.3 Å². The molecule has 1 unspecified atom stereocenters. The second kappa shape index (κ2) is 9.21. The molecule has 1 aromatic rings. The third-order valence-electron chi connectivity index (χ3n) is 4.09. The van der Waals surface area contributed by atoms with Gasteiger partial charge in [-0.1, -0.05) is 6.92 Å². The lowest BCUT2D eigenvalue weighted by Crippen LogP contribution is -2.36. The highest BCUT2D eigenvalue weighted by atomic mass is 32.5. The van der Waals surface area contributed by atoms with Crippen molar-refractivity contribution < 1.29 is 18.5 Å². The number of aromatic nitrogens is 2. The molecule has 146 valence electrons. The van der Waals surface area contributed by atoms with Gasteiger partial charge in [-0.25, -0.2) is 4.79 Å². The van der Waals surface area contributed by atoms with Gasteiger partial charge < -0.3 is 18.5 Å². The molecule has 10 heteroatoms. The molecule has 0 aliphatic carbocycles. The molecule has 2 rings (SSSR count). The average molecular weight is 404 g/mol. The lowest BCUT2D eigenvalue weighted by Gasteiger charge is -2.20. The number of nitrogens with one attached hydrogen (secondary N) is 1. The molecule has 1 fully saturated rings. The molecule has 1 saturated heterocycles. The van der Waals surface area contributed by atoms with E-state index in [2.05, 4.69) is 4.98 Å². The molecule has 1 N–H and O–H groups in total. The van der Waals surface area contributed by atoms with Crippen LogP contribution in [0.25, 0.3) is 0 Å². The first kappa shape index (κ1) is 21.2. The van der Waals surface area contributed by atoms with Crippen LogP contribution in [0, 0.1) is 5.92 Å². The van der Waals surface area contributed by atoms with Gasteiger partial charge in [-0.05, 0) is 37.5 Å². The summed E-state index contributed by atoms with van der Waals surface area (Å²) in [6.45, 7) is 4.09. The molecular weight excluding hydrogens is 379 g/mol. The first-order valence-electron chi connectivity index (χ1n) is 8.43. The molecule has 0 aromatic carbocycles. The van der Waals surface area contributed by atoms with E-state index in [9.17, 15) is 9.59 Å². The van der Waals surface area contributed by atoms with Gasteiger partial charge in [-0.2, -0.15) is 0 Å². The van der Waals surface area contributed by atoms with Gasteiger partial charge in [0.1, 0.15) is 6.10 Å². The third kappa shape index (κ3) is 4.79. The minimum Gasteiger partial charge on any atom is -0.376 e. The van der Waals surface area contributed by atoms with Crippen molar-refractivity contribution in [3.8, 4) is 0 Å². The van der Waals surface area contributed by atoms with Crippen molar-refractivity contribution in [1.82, 2.24) is 9.55 Å². The maximum atomic E-state index is 12.1. The Kier molecular flexibility index (Phi) is 7.52. The molecule has 26 heavy (non-hydrogen) atoms. The van der Waals surface area contributed by atoms with E-state index in [1.54, 1.807) is 12.9 Å². The molecule has 0 spiro atoms. The smallest absolute Gasteiger partial charge is 0.330 e. The summed E-state index contributed by atoms with van der Waals surface area (Å²) in [7, 11) is 1.56. The number of H-pyrrole nitrogens is 1. The van der Waals surface area contributed by atoms with Crippen LogP contribution in [0.3, 0.4) is 0 Å². The zero-order valence-electron chi connectivity index (χ0n) is 15.3. The highest BCUT2D eigenvalue weighted by Crippen LogP contribution is 2.50. The van der Waals surface area contributed by atoms with Crippen molar-refractivity contribution in [2.45, 2.75) is 39.2 Å². The molecule has 2 heterocycles. The molecule has 1 aliphatic heterocycles. The Morgan fingerprint density at radius 2 is 2.00 bits per heavy atom. The van der Waals surface area contributed by atoms with Crippen LogP contribution >= 0.6 is 6.49 Å². The van der Waals surface area contributed by atoms with E-state index < -0.39 is 24.0 Å². The summed E-state index contributed by atoms with van der Waals surface area (Å²) in [6.07, 6.45) is 1.85. The second-order valence-electron chi connectivity index (χ2n) is 5.79. The number of aromatic amines is 1. The van der Waals surface area contributed by atoms with Crippen molar-refractivity contribution in [3.63, 3.8) is 0 Å². The third-order valence-corrected chi connectivity index (χ3v) is 6.86. The topological polar surface area (TPSA) is 91.8 Å². The summed E-state index contributed by atoms with van der Waals surface area (Å²) in [5.41, 5.74) is -1.01. The monoisotopic (exact) mass is 404 g/mol. The number of hydrogen-bond acceptors (Lipinski definition) is 7. The van der Waals surface area contributed by atoms with Crippen molar-refractivity contribution in [3.05, 3.63) is 45.0 Å². The number of ether oxygens (including phenoxy) is 2. The molecule has 0 radical (unpaired) electrons. The first-order valence-corrected chi connectivity index (χ1v) is 11.1. The Labute approximate surface area is 157 Å². The van der Waals surface area contributed by atoms with Gasteiger partial charge >= 0.3 is 5.69 Å². The van der Waals surface area contributed by atoms with Crippen LogP contribution in [-0.4, -0.2) is 42.1 Å². The van der Waals surface area contributed by atoms with Gasteiger partial charge in [0.15, 0.2) is 6.23 Å². The SMILES string of the molecule is CCOP(=S)(/C=C/[C@H]1O[C@@H](n2ccc(=O)[nH]c2=O)[C@@H](OC)C1C)OCC. The van der Waals surface area contributed by atoms with Gasteiger partial charge in [0, 0.05) is 25.3 Å². The van der Waals surface area contributed by atoms with E-state index in [0.29, 0.717) is 13.2 Å². The number of nitrogens with zero attached hydrogens (tertiary/aromatic N) is 1. The first-order chi connectivity index (χ1) is 12.3. The number of rotatable bonds is 8. The van der Waals surface area contributed by atoms with Gasteiger partial charge in [0.05, 0.1) is 19.3 Å².